The van der Waals surface area contributed by atoms with Crippen molar-refractivity contribution in [1.82, 2.24) is 19.0 Å². The summed E-state index contributed by atoms with van der Waals surface area (Å²) in [6.45, 7) is 9.59. The number of amides is 1. The fourth-order valence-electron chi connectivity index (χ4n) is 5.36. The summed E-state index contributed by atoms with van der Waals surface area (Å²) in [5.41, 5.74) is 7.06. The first-order valence-electron chi connectivity index (χ1n) is 12.3. The third kappa shape index (κ3) is 3.80. The van der Waals surface area contributed by atoms with Gasteiger partial charge in [0, 0.05) is 48.8 Å². The molecule has 4 heterocycles. The summed E-state index contributed by atoms with van der Waals surface area (Å²) in [7, 11) is 4.11. The fourth-order valence-corrected chi connectivity index (χ4v) is 5.36. The second-order valence-electron chi connectivity index (χ2n) is 9.90. The average molecular weight is 477 g/mol. The Balaban J connectivity index is 1.35. The summed E-state index contributed by atoms with van der Waals surface area (Å²) >= 11 is 0. The minimum absolute atomic E-state index is 0.0966. The number of benzene rings is 2. The standard InChI is InChI=1S/C29H28N6O/c1-30-24-6-4-20(5-7-24)22-17-27-28-31-12-15-35(28)26-9-8-25(16-23(26)19-33(27)18-22)34-14-11-21(29(34)36)10-13-32(2)3/h4-9,12,15-18,21H,10-11,13-14,19H2,2-3H3/t21-/m0/s1. The summed E-state index contributed by atoms with van der Waals surface area (Å²) in [6, 6.07) is 16.2. The van der Waals surface area contributed by atoms with Crippen LogP contribution in [0, 0.1) is 12.5 Å². The van der Waals surface area contributed by atoms with Crippen molar-refractivity contribution in [3.05, 3.63) is 84.1 Å². The first-order chi connectivity index (χ1) is 17.5. The molecule has 0 unspecified atom stereocenters. The molecule has 0 spiro atoms. The van der Waals surface area contributed by atoms with Crippen molar-refractivity contribution in [2.24, 2.45) is 5.92 Å². The van der Waals surface area contributed by atoms with Crippen LogP contribution in [-0.4, -0.2) is 52.1 Å². The minimum atomic E-state index is 0.0966. The lowest BCUT2D eigenvalue weighted by Gasteiger charge is -2.20. The molecule has 2 aromatic heterocycles. The van der Waals surface area contributed by atoms with Crippen LogP contribution in [0.2, 0.25) is 0 Å². The predicted octanol–water partition coefficient (Wildman–Crippen LogP) is 5.22. The molecule has 0 N–H and O–H groups in total. The van der Waals surface area contributed by atoms with Crippen LogP contribution in [0.5, 0.6) is 0 Å². The van der Waals surface area contributed by atoms with Gasteiger partial charge in [-0.15, -0.1) is 0 Å². The summed E-state index contributed by atoms with van der Waals surface area (Å²) in [5, 5.41) is 0. The molecule has 7 heteroatoms. The summed E-state index contributed by atoms with van der Waals surface area (Å²) in [5.74, 6) is 1.23. The van der Waals surface area contributed by atoms with Gasteiger partial charge in [-0.1, -0.05) is 24.3 Å². The minimum Gasteiger partial charge on any atom is -0.340 e. The molecule has 1 fully saturated rings. The molecule has 1 amide bonds. The lowest BCUT2D eigenvalue weighted by atomic mass is 10.0. The van der Waals surface area contributed by atoms with Gasteiger partial charge >= 0.3 is 0 Å². The second kappa shape index (κ2) is 8.81. The van der Waals surface area contributed by atoms with Gasteiger partial charge in [0.2, 0.25) is 5.91 Å². The SMILES string of the molecule is [C-]#[N+]c1ccc(-c2cc3n(c2)Cc2cc(N4CC[C@H](CCN(C)C)C4=O)ccc2-n2ccnc2-3)cc1. The Morgan fingerprint density at radius 2 is 1.94 bits per heavy atom. The second-order valence-corrected chi connectivity index (χ2v) is 9.90. The van der Waals surface area contributed by atoms with Crippen LogP contribution < -0.4 is 4.90 Å². The third-order valence-electron chi connectivity index (χ3n) is 7.31. The molecule has 2 aliphatic rings. The maximum absolute atomic E-state index is 13.2. The molecule has 0 bridgehead atoms. The van der Waals surface area contributed by atoms with Gasteiger partial charge in [0.05, 0.1) is 18.0 Å². The molecule has 2 aromatic carbocycles. The first-order valence-corrected chi connectivity index (χ1v) is 12.3. The van der Waals surface area contributed by atoms with E-state index in [1.165, 1.54) is 0 Å². The van der Waals surface area contributed by atoms with E-state index in [1.807, 2.05) is 41.6 Å². The van der Waals surface area contributed by atoms with E-state index >= 15 is 0 Å². The molecule has 1 saturated heterocycles. The van der Waals surface area contributed by atoms with Crippen LogP contribution in [0.25, 0.3) is 33.2 Å². The highest BCUT2D eigenvalue weighted by Gasteiger charge is 2.33. The summed E-state index contributed by atoms with van der Waals surface area (Å²) < 4.78 is 4.37. The van der Waals surface area contributed by atoms with Crippen molar-refractivity contribution >= 4 is 17.3 Å². The Labute approximate surface area is 211 Å². The van der Waals surface area contributed by atoms with Gasteiger partial charge in [-0.05, 0) is 68.9 Å². The predicted molar refractivity (Wildman–Crippen MR) is 141 cm³/mol. The van der Waals surface area contributed by atoms with Crippen molar-refractivity contribution in [2.75, 3.05) is 32.1 Å². The zero-order valence-corrected chi connectivity index (χ0v) is 20.6. The van der Waals surface area contributed by atoms with Crippen LogP contribution in [0.1, 0.15) is 18.4 Å². The Morgan fingerprint density at radius 3 is 2.72 bits per heavy atom. The van der Waals surface area contributed by atoms with Crippen LogP contribution >= 0.6 is 0 Å². The van der Waals surface area contributed by atoms with Crippen LogP contribution in [0.15, 0.2) is 67.1 Å². The van der Waals surface area contributed by atoms with Gasteiger partial charge in [-0.2, -0.15) is 0 Å². The number of carbonyl (C=O) groups excluding carboxylic acids is 1. The van der Waals surface area contributed by atoms with Gasteiger partial charge < -0.3 is 14.4 Å². The van der Waals surface area contributed by atoms with Crippen LogP contribution in [0.3, 0.4) is 0 Å². The Kier molecular flexibility index (Phi) is 5.46. The van der Waals surface area contributed by atoms with E-state index in [4.69, 9.17) is 6.57 Å². The average Bonchev–Trinajstić information content (AvgIpc) is 3.60. The molecule has 0 aliphatic carbocycles. The van der Waals surface area contributed by atoms with Crippen molar-refractivity contribution in [3.63, 3.8) is 0 Å². The topological polar surface area (TPSA) is 50.7 Å². The van der Waals surface area contributed by atoms with Gasteiger partial charge in [0.1, 0.15) is 0 Å². The third-order valence-corrected chi connectivity index (χ3v) is 7.31. The highest BCUT2D eigenvalue weighted by Crippen LogP contribution is 2.36. The number of carbonyl (C=O) groups is 1. The van der Waals surface area contributed by atoms with Gasteiger partial charge in [0.25, 0.3) is 0 Å². The van der Waals surface area contributed by atoms with E-state index in [-0.39, 0.29) is 11.8 Å². The van der Waals surface area contributed by atoms with Crippen molar-refractivity contribution in [2.45, 2.75) is 19.4 Å². The number of aromatic nitrogens is 3. The van der Waals surface area contributed by atoms with Gasteiger partial charge in [0.15, 0.2) is 11.5 Å². The number of fused-ring (bicyclic) bond motifs is 5. The molecule has 0 radical (unpaired) electrons. The van der Waals surface area contributed by atoms with Crippen LogP contribution in [-0.2, 0) is 11.3 Å². The Bertz CT molecular complexity index is 1490. The molecule has 1 atom stereocenters. The number of anilines is 1. The van der Waals surface area contributed by atoms with E-state index < -0.39 is 0 Å². The zero-order chi connectivity index (χ0) is 24.8. The Hall–Kier alpha value is -4.15. The zero-order valence-electron chi connectivity index (χ0n) is 20.6. The molecule has 2 aliphatic heterocycles. The van der Waals surface area contributed by atoms with Crippen molar-refractivity contribution in [3.8, 4) is 28.3 Å². The van der Waals surface area contributed by atoms with Crippen molar-refractivity contribution in [1.29, 1.82) is 0 Å². The van der Waals surface area contributed by atoms with E-state index in [9.17, 15) is 4.79 Å². The van der Waals surface area contributed by atoms with Gasteiger partial charge in [-0.3, -0.25) is 9.36 Å². The number of nitrogens with zero attached hydrogens (tertiary/aromatic N) is 6. The number of hydrogen-bond donors (Lipinski definition) is 0. The number of imidazole rings is 1. The van der Waals surface area contributed by atoms with Gasteiger partial charge in [-0.25, -0.2) is 9.83 Å². The molecule has 7 nitrogen and oxygen atoms in total. The Morgan fingerprint density at radius 1 is 1.11 bits per heavy atom. The van der Waals surface area contributed by atoms with Crippen LogP contribution in [0.4, 0.5) is 11.4 Å². The lowest BCUT2D eigenvalue weighted by molar-refractivity contribution is -0.120. The molecule has 36 heavy (non-hydrogen) atoms. The highest BCUT2D eigenvalue weighted by molar-refractivity contribution is 5.97. The van der Waals surface area contributed by atoms with E-state index in [0.717, 1.165) is 65.5 Å². The smallest absolute Gasteiger partial charge is 0.230 e. The van der Waals surface area contributed by atoms with E-state index in [1.54, 1.807) is 0 Å². The largest absolute Gasteiger partial charge is 0.340 e. The molecule has 6 rings (SSSR count). The first kappa shape index (κ1) is 22.3. The highest BCUT2D eigenvalue weighted by atomic mass is 16.2. The summed E-state index contributed by atoms with van der Waals surface area (Å²) in [6.07, 6.45) is 7.80. The monoisotopic (exact) mass is 476 g/mol. The van der Waals surface area contributed by atoms with Crippen molar-refractivity contribution < 1.29 is 4.79 Å². The van der Waals surface area contributed by atoms with E-state index in [0.29, 0.717) is 12.2 Å². The maximum Gasteiger partial charge on any atom is 0.230 e. The maximum atomic E-state index is 13.2. The molecule has 0 saturated carbocycles. The normalized spacial score (nSPS) is 16.4. The fraction of sp³-hybridized carbons (Fsp3) is 0.276. The number of hydrogen-bond acceptors (Lipinski definition) is 3. The quantitative estimate of drug-likeness (QED) is 0.327. The lowest BCUT2D eigenvalue weighted by Crippen LogP contribution is -2.28. The molecular formula is C29H28N6O. The molecular weight excluding hydrogens is 448 g/mol. The summed E-state index contributed by atoms with van der Waals surface area (Å²) in [4.78, 5) is 25.5. The molecule has 180 valence electrons. The number of rotatable bonds is 5. The molecule has 4 aromatic rings. The van der Waals surface area contributed by atoms with E-state index in [2.05, 4.69) is 68.4 Å².